The van der Waals surface area contributed by atoms with E-state index in [1.807, 2.05) is 4.90 Å². The van der Waals surface area contributed by atoms with Gasteiger partial charge in [-0.3, -0.25) is 0 Å². The van der Waals surface area contributed by atoms with E-state index in [9.17, 15) is 8.42 Å². The predicted molar refractivity (Wildman–Crippen MR) is 99.0 cm³/mol. The molecule has 11 nitrogen and oxygen atoms in total. The molecule has 1 saturated heterocycles. The molecule has 0 aromatic carbocycles. The van der Waals surface area contributed by atoms with Gasteiger partial charge in [0.1, 0.15) is 5.01 Å². The summed E-state index contributed by atoms with van der Waals surface area (Å²) in [6.45, 7) is 1.31. The van der Waals surface area contributed by atoms with Gasteiger partial charge in [0.05, 0.1) is 11.3 Å². The van der Waals surface area contributed by atoms with Crippen molar-refractivity contribution in [2.45, 2.75) is 23.8 Å². The lowest BCUT2D eigenvalue weighted by atomic mass is 9.97. The molecule has 3 rings (SSSR count). The molecule has 3 heterocycles. The first-order valence-electron chi connectivity index (χ1n) is 7.70. The number of hydrogen-bond acceptors (Lipinski definition) is 10. The van der Waals surface area contributed by atoms with Gasteiger partial charge in [0.25, 0.3) is 10.0 Å². The third-order valence-corrected chi connectivity index (χ3v) is 5.96. The van der Waals surface area contributed by atoms with Gasteiger partial charge in [-0.25, -0.2) is 18.5 Å². The first kappa shape index (κ1) is 18.3. The highest BCUT2D eigenvalue weighted by Gasteiger charge is 2.28. The van der Waals surface area contributed by atoms with Gasteiger partial charge >= 0.3 is 0 Å². The molecule has 0 unspecified atom stereocenters. The number of hydrogen-bond donors (Lipinski definition) is 4. The zero-order valence-electron chi connectivity index (χ0n) is 13.7. The highest BCUT2D eigenvalue weighted by molar-refractivity contribution is 7.89. The first-order chi connectivity index (χ1) is 12.3. The molecular formula is C13H19N9O2S2. The van der Waals surface area contributed by atoms with Crippen molar-refractivity contribution in [3.63, 3.8) is 0 Å². The number of hydrazone groups is 1. The SMILES string of the molecule is N/N=C(\N)c1c(N2CCC(c3nnc(N)s3)CC2)ccnc1S(N)(=O)=O. The molecule has 0 aliphatic carbocycles. The number of anilines is 2. The molecular weight excluding hydrogens is 378 g/mol. The molecule has 2 aromatic heterocycles. The van der Waals surface area contributed by atoms with Crippen LogP contribution in [-0.4, -0.2) is 42.5 Å². The standard InChI is InChI=1S/C13H19N9O2S2/c14-10(19-16)9-8(1-4-18-12(9)26(17,23)24)22-5-2-7(3-6-22)11-20-21-13(15)25-11/h1,4,7H,2-3,5-6,16H2,(H2,14,19)(H2,15,21)(H2,17,23,24). The van der Waals surface area contributed by atoms with Crippen LogP contribution in [0.5, 0.6) is 0 Å². The van der Waals surface area contributed by atoms with Crippen LogP contribution >= 0.6 is 11.3 Å². The van der Waals surface area contributed by atoms with E-state index in [2.05, 4.69) is 20.3 Å². The van der Waals surface area contributed by atoms with Crippen LogP contribution in [0.15, 0.2) is 22.4 Å². The van der Waals surface area contributed by atoms with Crippen LogP contribution in [0.1, 0.15) is 29.3 Å². The van der Waals surface area contributed by atoms with Crippen molar-refractivity contribution < 1.29 is 8.42 Å². The number of rotatable bonds is 4. The van der Waals surface area contributed by atoms with Crippen LogP contribution in [0.3, 0.4) is 0 Å². The molecule has 8 N–H and O–H groups in total. The van der Waals surface area contributed by atoms with Crippen LogP contribution in [-0.2, 0) is 10.0 Å². The smallest absolute Gasteiger partial charge is 0.256 e. The third-order valence-electron chi connectivity index (χ3n) is 4.20. The van der Waals surface area contributed by atoms with Crippen molar-refractivity contribution in [3.8, 4) is 0 Å². The first-order valence-corrected chi connectivity index (χ1v) is 10.1. The highest BCUT2D eigenvalue weighted by Crippen LogP contribution is 2.34. The van der Waals surface area contributed by atoms with Crippen molar-refractivity contribution in [3.05, 3.63) is 22.8 Å². The second-order valence-electron chi connectivity index (χ2n) is 5.81. The number of primary sulfonamides is 1. The van der Waals surface area contributed by atoms with E-state index in [0.29, 0.717) is 23.9 Å². The summed E-state index contributed by atoms with van der Waals surface area (Å²) < 4.78 is 23.7. The minimum atomic E-state index is -4.09. The van der Waals surface area contributed by atoms with E-state index in [4.69, 9.17) is 22.4 Å². The average molecular weight is 397 g/mol. The Morgan fingerprint density at radius 3 is 2.54 bits per heavy atom. The Kier molecular flexibility index (Phi) is 4.93. The molecule has 0 saturated carbocycles. The van der Waals surface area contributed by atoms with Gasteiger partial charge in [0, 0.05) is 25.2 Å². The van der Waals surface area contributed by atoms with Gasteiger partial charge in [-0.1, -0.05) is 11.3 Å². The molecule has 0 spiro atoms. The van der Waals surface area contributed by atoms with Crippen LogP contribution in [0, 0.1) is 0 Å². The number of piperidine rings is 1. The van der Waals surface area contributed by atoms with Crippen LogP contribution in [0.2, 0.25) is 0 Å². The summed E-state index contributed by atoms with van der Waals surface area (Å²) in [5.74, 6) is 5.38. The zero-order valence-corrected chi connectivity index (χ0v) is 15.4. The Balaban J connectivity index is 1.91. The molecule has 0 atom stereocenters. The van der Waals surface area contributed by atoms with Gasteiger partial charge < -0.3 is 22.2 Å². The lowest BCUT2D eigenvalue weighted by molar-refractivity contribution is 0.500. The van der Waals surface area contributed by atoms with Crippen molar-refractivity contribution in [1.29, 1.82) is 0 Å². The summed E-state index contributed by atoms with van der Waals surface area (Å²) in [6, 6.07) is 1.67. The van der Waals surface area contributed by atoms with Crippen LogP contribution in [0.4, 0.5) is 10.8 Å². The van der Waals surface area contributed by atoms with Gasteiger partial charge in [0.2, 0.25) is 5.13 Å². The van der Waals surface area contributed by atoms with Gasteiger partial charge in [-0.2, -0.15) is 5.10 Å². The number of sulfonamides is 1. The summed E-state index contributed by atoms with van der Waals surface area (Å²) in [5.41, 5.74) is 12.2. The second-order valence-corrected chi connectivity index (χ2v) is 8.33. The molecule has 26 heavy (non-hydrogen) atoms. The third kappa shape index (κ3) is 3.54. The van der Waals surface area contributed by atoms with E-state index in [1.165, 1.54) is 17.5 Å². The number of aromatic nitrogens is 3. The number of nitrogens with zero attached hydrogens (tertiary/aromatic N) is 5. The fraction of sp³-hybridized carbons (Fsp3) is 0.385. The van der Waals surface area contributed by atoms with E-state index >= 15 is 0 Å². The number of nitrogen functional groups attached to an aromatic ring is 1. The topological polar surface area (TPSA) is 192 Å². The maximum absolute atomic E-state index is 11.9. The van der Waals surface area contributed by atoms with Gasteiger partial charge in [-0.15, -0.1) is 10.2 Å². The maximum atomic E-state index is 11.9. The Hall–Kier alpha value is -2.51. The van der Waals surface area contributed by atoms with Crippen molar-refractivity contribution in [2.75, 3.05) is 23.7 Å². The Bertz CT molecular complexity index is 933. The second kappa shape index (κ2) is 7.01. The van der Waals surface area contributed by atoms with E-state index in [-0.39, 0.29) is 22.3 Å². The maximum Gasteiger partial charge on any atom is 0.256 e. The number of nitrogens with two attached hydrogens (primary N) is 4. The average Bonchev–Trinajstić information content (AvgIpc) is 3.06. The highest BCUT2D eigenvalue weighted by atomic mass is 32.2. The molecule has 0 radical (unpaired) electrons. The van der Waals surface area contributed by atoms with E-state index in [0.717, 1.165) is 17.8 Å². The quantitative estimate of drug-likeness (QED) is 0.219. The van der Waals surface area contributed by atoms with Gasteiger partial charge in [0.15, 0.2) is 10.9 Å². The Morgan fingerprint density at radius 2 is 2.00 bits per heavy atom. The van der Waals surface area contributed by atoms with E-state index in [1.54, 1.807) is 6.07 Å². The van der Waals surface area contributed by atoms with E-state index < -0.39 is 10.0 Å². The number of pyridine rings is 1. The monoisotopic (exact) mass is 397 g/mol. The van der Waals surface area contributed by atoms with Crippen LogP contribution < -0.4 is 27.3 Å². The lowest BCUT2D eigenvalue weighted by Gasteiger charge is -2.34. The summed E-state index contributed by atoms with van der Waals surface area (Å²) in [6.07, 6.45) is 2.99. The Morgan fingerprint density at radius 1 is 1.31 bits per heavy atom. The Labute approximate surface area is 154 Å². The molecule has 2 aromatic rings. The minimum absolute atomic E-state index is 0.121. The molecule has 1 aliphatic rings. The fourth-order valence-electron chi connectivity index (χ4n) is 3.00. The molecule has 13 heteroatoms. The minimum Gasteiger partial charge on any atom is -0.382 e. The van der Waals surface area contributed by atoms with Crippen molar-refractivity contribution in [2.24, 2.45) is 21.8 Å². The molecule has 1 aliphatic heterocycles. The normalized spacial score (nSPS) is 16.8. The molecule has 0 amide bonds. The van der Waals surface area contributed by atoms with Crippen LogP contribution in [0.25, 0.3) is 0 Å². The number of amidine groups is 1. The summed E-state index contributed by atoms with van der Waals surface area (Å²) in [7, 11) is -4.09. The molecule has 140 valence electrons. The lowest BCUT2D eigenvalue weighted by Crippen LogP contribution is -2.36. The summed E-state index contributed by atoms with van der Waals surface area (Å²) >= 11 is 1.38. The van der Waals surface area contributed by atoms with Crippen molar-refractivity contribution >= 4 is 38.0 Å². The van der Waals surface area contributed by atoms with Gasteiger partial charge in [-0.05, 0) is 18.9 Å². The largest absolute Gasteiger partial charge is 0.382 e. The molecule has 0 bridgehead atoms. The summed E-state index contributed by atoms with van der Waals surface area (Å²) in [4.78, 5) is 5.86. The van der Waals surface area contributed by atoms with Crippen molar-refractivity contribution in [1.82, 2.24) is 15.2 Å². The fourth-order valence-corrected chi connectivity index (χ4v) is 4.48. The predicted octanol–water partition coefficient (Wildman–Crippen LogP) is -0.874. The molecule has 1 fully saturated rings. The zero-order chi connectivity index (χ0) is 18.9. The summed E-state index contributed by atoms with van der Waals surface area (Å²) in [5, 5.41) is 17.7.